The van der Waals surface area contributed by atoms with Crippen molar-refractivity contribution in [1.82, 2.24) is 10.2 Å². The molecular weight excluding hydrogens is 152 g/mol. The molecule has 2 aliphatic heterocycles. The number of piperidine rings is 1. The van der Waals surface area contributed by atoms with E-state index in [1.807, 2.05) is 0 Å². The number of rotatable bonds is 1. The summed E-state index contributed by atoms with van der Waals surface area (Å²) in [6.07, 6.45) is 2.81. The second kappa shape index (κ2) is 3.54. The lowest BCUT2D eigenvalue weighted by atomic mass is 10.1. The zero-order chi connectivity index (χ0) is 8.39. The first-order valence-corrected chi connectivity index (χ1v) is 4.83. The van der Waals surface area contributed by atoms with Crippen molar-refractivity contribution in [1.29, 1.82) is 0 Å². The van der Waals surface area contributed by atoms with Gasteiger partial charge in [0.2, 0.25) is 0 Å². The third-order valence-electron chi connectivity index (χ3n) is 2.91. The quantitative estimate of drug-likeness (QED) is 0.599. The second-order valence-electron chi connectivity index (χ2n) is 3.72. The average Bonchev–Trinajstić information content (AvgIpc) is 2.58. The molecule has 2 fully saturated rings. The Hall–Kier alpha value is -0.410. The molecule has 0 bridgehead atoms. The summed E-state index contributed by atoms with van der Waals surface area (Å²) in [5.74, 6) is 0.442. The van der Waals surface area contributed by atoms with Crippen molar-refractivity contribution in [2.24, 2.45) is 0 Å². The van der Waals surface area contributed by atoms with Gasteiger partial charge in [0.15, 0.2) is 0 Å². The van der Waals surface area contributed by atoms with Crippen molar-refractivity contribution >= 4 is 5.78 Å². The Morgan fingerprint density at radius 2 is 2.08 bits per heavy atom. The molecule has 0 radical (unpaired) electrons. The van der Waals surface area contributed by atoms with Gasteiger partial charge in [-0.15, -0.1) is 0 Å². The molecule has 0 amide bonds. The van der Waals surface area contributed by atoms with Crippen LogP contribution >= 0.6 is 0 Å². The fourth-order valence-corrected chi connectivity index (χ4v) is 2.09. The van der Waals surface area contributed by atoms with E-state index in [0.717, 1.165) is 39.0 Å². The Kier molecular flexibility index (Phi) is 2.42. The largest absolute Gasteiger partial charge is 0.315 e. The number of hydrogen-bond donors (Lipinski definition) is 1. The minimum atomic E-state index is 0.442. The minimum absolute atomic E-state index is 0.442. The molecule has 2 saturated heterocycles. The molecule has 2 rings (SSSR count). The molecule has 1 atom stereocenters. The highest BCUT2D eigenvalue weighted by atomic mass is 16.1. The van der Waals surface area contributed by atoms with Crippen LogP contribution in [0.5, 0.6) is 0 Å². The number of Topliss-reactive ketones (excluding diaryl/α,β-unsaturated/α-hetero) is 1. The predicted molar refractivity (Wildman–Crippen MR) is 47.1 cm³/mol. The summed E-state index contributed by atoms with van der Waals surface area (Å²) in [7, 11) is 0. The summed E-state index contributed by atoms with van der Waals surface area (Å²) in [5.41, 5.74) is 0. The zero-order valence-electron chi connectivity index (χ0n) is 7.38. The van der Waals surface area contributed by atoms with Crippen LogP contribution in [0.4, 0.5) is 0 Å². The van der Waals surface area contributed by atoms with Crippen LogP contribution in [-0.2, 0) is 4.79 Å². The standard InChI is InChI=1S/C9H16N2O/c12-9-2-5-11(6-3-9)8-1-4-10-7-8/h8,10H,1-7H2. The highest BCUT2D eigenvalue weighted by Gasteiger charge is 2.25. The summed E-state index contributed by atoms with van der Waals surface area (Å²) in [4.78, 5) is 13.4. The van der Waals surface area contributed by atoms with Crippen molar-refractivity contribution in [3.05, 3.63) is 0 Å². The molecule has 0 aromatic carbocycles. The molecule has 1 unspecified atom stereocenters. The van der Waals surface area contributed by atoms with Crippen LogP contribution in [-0.4, -0.2) is 42.9 Å². The molecule has 2 heterocycles. The lowest BCUT2D eigenvalue weighted by Crippen LogP contribution is -2.42. The van der Waals surface area contributed by atoms with Gasteiger partial charge in [-0.25, -0.2) is 0 Å². The summed E-state index contributed by atoms with van der Waals surface area (Å²) < 4.78 is 0. The first-order chi connectivity index (χ1) is 5.86. The third kappa shape index (κ3) is 1.67. The molecule has 12 heavy (non-hydrogen) atoms. The molecule has 0 saturated carbocycles. The molecule has 0 aromatic heterocycles. The van der Waals surface area contributed by atoms with Gasteiger partial charge in [0.05, 0.1) is 0 Å². The Balaban J connectivity index is 1.84. The Bertz CT molecular complexity index is 165. The Morgan fingerprint density at radius 3 is 2.67 bits per heavy atom. The molecule has 3 nitrogen and oxygen atoms in total. The minimum Gasteiger partial charge on any atom is -0.315 e. The van der Waals surface area contributed by atoms with Crippen molar-refractivity contribution < 1.29 is 4.79 Å². The number of hydrogen-bond acceptors (Lipinski definition) is 3. The fourth-order valence-electron chi connectivity index (χ4n) is 2.09. The SMILES string of the molecule is O=C1CCN(C2CCNC2)CC1. The summed E-state index contributed by atoms with van der Waals surface area (Å²) in [6.45, 7) is 4.25. The fraction of sp³-hybridized carbons (Fsp3) is 0.889. The van der Waals surface area contributed by atoms with Gasteiger partial charge in [-0.2, -0.15) is 0 Å². The van der Waals surface area contributed by atoms with E-state index in [-0.39, 0.29) is 0 Å². The predicted octanol–water partition coefficient (Wildman–Crippen LogP) is 0.0132. The van der Waals surface area contributed by atoms with Crippen LogP contribution in [0.25, 0.3) is 0 Å². The first-order valence-electron chi connectivity index (χ1n) is 4.83. The lowest BCUT2D eigenvalue weighted by molar-refractivity contribution is -0.121. The van der Waals surface area contributed by atoms with Crippen LogP contribution in [0, 0.1) is 0 Å². The number of carbonyl (C=O) groups is 1. The van der Waals surface area contributed by atoms with Gasteiger partial charge in [-0.3, -0.25) is 9.69 Å². The monoisotopic (exact) mass is 168 g/mol. The maximum atomic E-state index is 11.0. The number of nitrogens with one attached hydrogen (secondary N) is 1. The van der Waals surface area contributed by atoms with Crippen molar-refractivity contribution in [2.75, 3.05) is 26.2 Å². The van der Waals surface area contributed by atoms with Gasteiger partial charge in [0.1, 0.15) is 5.78 Å². The summed E-state index contributed by atoms with van der Waals surface area (Å²) in [6, 6.07) is 0.707. The zero-order valence-corrected chi connectivity index (χ0v) is 7.38. The number of carbonyl (C=O) groups excluding carboxylic acids is 1. The molecule has 0 spiro atoms. The normalized spacial score (nSPS) is 32.7. The molecule has 68 valence electrons. The van der Waals surface area contributed by atoms with Crippen molar-refractivity contribution in [3.8, 4) is 0 Å². The van der Waals surface area contributed by atoms with Gasteiger partial charge in [0, 0.05) is 38.5 Å². The summed E-state index contributed by atoms with van der Waals surface area (Å²) in [5, 5.41) is 3.35. The van der Waals surface area contributed by atoms with Gasteiger partial charge < -0.3 is 5.32 Å². The molecule has 3 heteroatoms. The molecular formula is C9H16N2O. The number of nitrogens with zero attached hydrogens (tertiary/aromatic N) is 1. The van der Waals surface area contributed by atoms with Gasteiger partial charge >= 0.3 is 0 Å². The van der Waals surface area contributed by atoms with E-state index in [1.54, 1.807) is 0 Å². The van der Waals surface area contributed by atoms with Gasteiger partial charge in [0.25, 0.3) is 0 Å². The van der Waals surface area contributed by atoms with E-state index in [2.05, 4.69) is 10.2 Å². The number of likely N-dealkylation sites (tertiary alicyclic amines) is 1. The van der Waals surface area contributed by atoms with E-state index in [4.69, 9.17) is 0 Å². The summed E-state index contributed by atoms with van der Waals surface area (Å²) >= 11 is 0. The maximum Gasteiger partial charge on any atom is 0.135 e. The highest BCUT2D eigenvalue weighted by molar-refractivity contribution is 5.79. The van der Waals surface area contributed by atoms with Crippen LogP contribution < -0.4 is 5.32 Å². The first kappa shape index (κ1) is 8.20. The number of ketones is 1. The van der Waals surface area contributed by atoms with E-state index in [0.29, 0.717) is 11.8 Å². The second-order valence-corrected chi connectivity index (χ2v) is 3.72. The molecule has 1 N–H and O–H groups in total. The van der Waals surface area contributed by atoms with Crippen LogP contribution in [0.3, 0.4) is 0 Å². The molecule has 0 aromatic rings. The van der Waals surface area contributed by atoms with Gasteiger partial charge in [-0.1, -0.05) is 0 Å². The molecule has 2 aliphatic rings. The topological polar surface area (TPSA) is 32.3 Å². The smallest absolute Gasteiger partial charge is 0.135 e. The van der Waals surface area contributed by atoms with Crippen LogP contribution in [0.1, 0.15) is 19.3 Å². The van der Waals surface area contributed by atoms with E-state index in [9.17, 15) is 4.79 Å². The average molecular weight is 168 g/mol. The van der Waals surface area contributed by atoms with Crippen molar-refractivity contribution in [2.45, 2.75) is 25.3 Å². The third-order valence-corrected chi connectivity index (χ3v) is 2.91. The van der Waals surface area contributed by atoms with E-state index >= 15 is 0 Å². The van der Waals surface area contributed by atoms with Crippen molar-refractivity contribution in [3.63, 3.8) is 0 Å². The van der Waals surface area contributed by atoms with E-state index < -0.39 is 0 Å². The Labute approximate surface area is 73.1 Å². The lowest BCUT2D eigenvalue weighted by Gasteiger charge is -2.30. The van der Waals surface area contributed by atoms with Crippen LogP contribution in [0.15, 0.2) is 0 Å². The van der Waals surface area contributed by atoms with Crippen LogP contribution in [0.2, 0.25) is 0 Å². The highest BCUT2D eigenvalue weighted by Crippen LogP contribution is 2.13. The Morgan fingerprint density at radius 1 is 1.33 bits per heavy atom. The molecule has 0 aliphatic carbocycles. The maximum absolute atomic E-state index is 11.0. The van der Waals surface area contributed by atoms with E-state index in [1.165, 1.54) is 6.42 Å². The van der Waals surface area contributed by atoms with Gasteiger partial charge in [-0.05, 0) is 13.0 Å².